The molecule has 2 aliphatic rings. The van der Waals surface area contributed by atoms with Gasteiger partial charge in [-0.25, -0.2) is 8.42 Å². The van der Waals surface area contributed by atoms with E-state index in [2.05, 4.69) is 4.90 Å². The molecule has 2 aromatic carbocycles. The summed E-state index contributed by atoms with van der Waals surface area (Å²) in [5, 5.41) is 0.687. The summed E-state index contributed by atoms with van der Waals surface area (Å²) in [6.07, 6.45) is 1.30. The number of hydrogen-bond acceptors (Lipinski definition) is 6. The van der Waals surface area contributed by atoms with E-state index in [1.165, 1.54) is 24.6 Å². The highest BCUT2D eigenvalue weighted by molar-refractivity contribution is 7.89. The van der Waals surface area contributed by atoms with Gasteiger partial charge in [0.25, 0.3) is 0 Å². The predicted octanol–water partition coefficient (Wildman–Crippen LogP) is 3.11. The summed E-state index contributed by atoms with van der Waals surface area (Å²) in [7, 11) is -0.924. The molecule has 10 heteroatoms. The minimum Gasteiger partial charge on any atom is -0.497 e. The Morgan fingerprint density at radius 3 is 2.44 bits per heavy atom. The number of amides is 1. The number of carbonyl (C=O) groups is 1. The van der Waals surface area contributed by atoms with Crippen molar-refractivity contribution < 1.29 is 22.7 Å². The number of ether oxygens (including phenoxy) is 2. The first kappa shape index (κ1) is 24.6. The van der Waals surface area contributed by atoms with Crippen LogP contribution in [0.4, 0.5) is 5.69 Å². The van der Waals surface area contributed by atoms with E-state index in [9.17, 15) is 13.2 Å². The topological polar surface area (TPSA) is 79.4 Å². The van der Waals surface area contributed by atoms with Gasteiger partial charge >= 0.3 is 0 Å². The third kappa shape index (κ3) is 5.11. The lowest BCUT2D eigenvalue weighted by Crippen LogP contribution is -2.53. The summed E-state index contributed by atoms with van der Waals surface area (Å²) in [5.74, 6) is 0.342. The van der Waals surface area contributed by atoms with Crippen molar-refractivity contribution in [2.75, 3.05) is 58.4 Å². The fourth-order valence-corrected chi connectivity index (χ4v) is 6.48. The number of anilines is 1. The Morgan fingerprint density at radius 2 is 1.76 bits per heavy atom. The van der Waals surface area contributed by atoms with Gasteiger partial charge in [0.2, 0.25) is 15.9 Å². The van der Waals surface area contributed by atoms with Crippen molar-refractivity contribution in [2.45, 2.75) is 17.7 Å². The lowest BCUT2D eigenvalue weighted by atomic mass is 9.97. The molecule has 8 nitrogen and oxygen atoms in total. The molecule has 0 aromatic heterocycles. The summed E-state index contributed by atoms with van der Waals surface area (Å²) in [4.78, 5) is 17.4. The first-order valence-electron chi connectivity index (χ1n) is 11.3. The van der Waals surface area contributed by atoms with Crippen LogP contribution in [0.3, 0.4) is 0 Å². The first-order valence-corrected chi connectivity index (χ1v) is 13.2. The second-order valence-electron chi connectivity index (χ2n) is 8.51. The Balaban J connectivity index is 1.43. The van der Waals surface area contributed by atoms with Gasteiger partial charge in [0.05, 0.1) is 20.1 Å². The molecule has 2 aromatic rings. The normalized spacial score (nSPS) is 19.7. The molecule has 4 rings (SSSR count). The summed E-state index contributed by atoms with van der Waals surface area (Å²) in [6.45, 7) is 3.14. The van der Waals surface area contributed by atoms with E-state index in [0.29, 0.717) is 56.3 Å². The summed E-state index contributed by atoms with van der Waals surface area (Å²) in [5.41, 5.74) is 1.04. The van der Waals surface area contributed by atoms with Crippen LogP contribution in [-0.4, -0.2) is 77.0 Å². The third-order valence-corrected chi connectivity index (χ3v) is 8.61. The molecule has 34 heavy (non-hydrogen) atoms. The van der Waals surface area contributed by atoms with Crippen molar-refractivity contribution in [3.8, 4) is 11.5 Å². The number of benzene rings is 2. The molecule has 2 fully saturated rings. The van der Waals surface area contributed by atoms with Crippen molar-refractivity contribution in [3.05, 3.63) is 47.5 Å². The van der Waals surface area contributed by atoms with Gasteiger partial charge in [0.15, 0.2) is 0 Å². The zero-order valence-corrected chi connectivity index (χ0v) is 21.0. The molecule has 0 saturated carbocycles. The second-order valence-corrected chi connectivity index (χ2v) is 10.9. The lowest BCUT2D eigenvalue weighted by Gasteiger charge is -2.39. The molecule has 2 saturated heterocycles. The van der Waals surface area contributed by atoms with Crippen LogP contribution in [0.2, 0.25) is 5.02 Å². The van der Waals surface area contributed by atoms with E-state index in [-0.39, 0.29) is 29.0 Å². The van der Waals surface area contributed by atoms with Crippen molar-refractivity contribution in [1.29, 1.82) is 0 Å². The standard InChI is InChI=1S/C24H30ClN3O5S/c1-32-21-8-9-22(33-2)23(16-21)34(30,31)28-10-4-5-18(17-28)24(29)27-13-11-26(12-14-27)20-7-3-6-19(25)15-20/h3,6-9,15-16,18H,4-5,10-14,17H2,1-2H3/t18-/m1/s1. The summed E-state index contributed by atoms with van der Waals surface area (Å²) in [6, 6.07) is 12.4. The monoisotopic (exact) mass is 507 g/mol. The summed E-state index contributed by atoms with van der Waals surface area (Å²) < 4.78 is 38.8. The molecule has 184 valence electrons. The van der Waals surface area contributed by atoms with E-state index >= 15 is 0 Å². The van der Waals surface area contributed by atoms with Crippen molar-refractivity contribution >= 4 is 33.2 Å². The smallest absolute Gasteiger partial charge is 0.246 e. The third-order valence-electron chi connectivity index (χ3n) is 6.49. The van der Waals surface area contributed by atoms with Gasteiger partial charge in [-0.1, -0.05) is 17.7 Å². The van der Waals surface area contributed by atoms with Gasteiger partial charge in [-0.05, 0) is 43.2 Å². The van der Waals surface area contributed by atoms with Crippen LogP contribution in [0, 0.1) is 5.92 Å². The molecule has 2 aliphatic heterocycles. The average Bonchev–Trinajstić information content (AvgIpc) is 2.88. The maximum atomic E-state index is 13.5. The number of rotatable bonds is 6. The van der Waals surface area contributed by atoms with Gasteiger partial charge in [-0.2, -0.15) is 4.31 Å². The maximum Gasteiger partial charge on any atom is 0.246 e. The van der Waals surface area contributed by atoms with Crippen LogP contribution >= 0.6 is 11.6 Å². The number of piperidine rings is 1. The Kier molecular flexibility index (Phi) is 7.54. The van der Waals surface area contributed by atoms with Crippen molar-refractivity contribution in [2.24, 2.45) is 5.92 Å². The highest BCUT2D eigenvalue weighted by Gasteiger charge is 2.37. The van der Waals surface area contributed by atoms with Crippen LogP contribution in [0.25, 0.3) is 0 Å². The average molecular weight is 508 g/mol. The van der Waals surface area contributed by atoms with Gasteiger partial charge < -0.3 is 19.3 Å². The Morgan fingerprint density at radius 1 is 1.00 bits per heavy atom. The summed E-state index contributed by atoms with van der Waals surface area (Å²) >= 11 is 6.12. The molecular weight excluding hydrogens is 478 g/mol. The molecule has 0 N–H and O–H groups in total. The maximum absolute atomic E-state index is 13.5. The van der Waals surface area contributed by atoms with E-state index in [1.807, 2.05) is 29.2 Å². The molecule has 0 aliphatic carbocycles. The van der Waals surface area contributed by atoms with Gasteiger partial charge in [-0.15, -0.1) is 0 Å². The highest BCUT2D eigenvalue weighted by atomic mass is 35.5. The number of nitrogens with zero attached hydrogens (tertiary/aromatic N) is 3. The number of hydrogen-bond donors (Lipinski definition) is 0. The number of methoxy groups -OCH3 is 2. The number of sulfonamides is 1. The number of halogens is 1. The molecular formula is C24H30ClN3O5S. The largest absolute Gasteiger partial charge is 0.497 e. The van der Waals surface area contributed by atoms with Gasteiger partial charge in [-0.3, -0.25) is 4.79 Å². The second kappa shape index (κ2) is 10.4. The zero-order chi connectivity index (χ0) is 24.3. The van der Waals surface area contributed by atoms with Crippen LogP contribution in [0.1, 0.15) is 12.8 Å². The quantitative estimate of drug-likeness (QED) is 0.598. The molecule has 0 spiro atoms. The molecule has 1 atom stereocenters. The molecule has 0 bridgehead atoms. The minimum atomic E-state index is -3.85. The lowest BCUT2D eigenvalue weighted by molar-refractivity contribution is -0.137. The van der Waals surface area contributed by atoms with Crippen LogP contribution in [0.5, 0.6) is 11.5 Å². The van der Waals surface area contributed by atoms with Gasteiger partial charge in [0.1, 0.15) is 16.4 Å². The van der Waals surface area contributed by atoms with Crippen LogP contribution in [0.15, 0.2) is 47.4 Å². The van der Waals surface area contributed by atoms with E-state index in [1.54, 1.807) is 12.1 Å². The molecule has 2 heterocycles. The Hall–Kier alpha value is -2.49. The Labute approximate surface area is 206 Å². The molecule has 1 amide bonds. The highest BCUT2D eigenvalue weighted by Crippen LogP contribution is 2.33. The van der Waals surface area contributed by atoms with E-state index < -0.39 is 10.0 Å². The zero-order valence-electron chi connectivity index (χ0n) is 19.4. The van der Waals surface area contributed by atoms with Gasteiger partial charge in [0, 0.05) is 56.0 Å². The predicted molar refractivity (Wildman–Crippen MR) is 131 cm³/mol. The van der Waals surface area contributed by atoms with Crippen molar-refractivity contribution in [1.82, 2.24) is 9.21 Å². The van der Waals surface area contributed by atoms with Crippen molar-refractivity contribution in [3.63, 3.8) is 0 Å². The molecule has 0 radical (unpaired) electrons. The van der Waals surface area contributed by atoms with E-state index in [0.717, 1.165) is 5.69 Å². The fraction of sp³-hybridized carbons (Fsp3) is 0.458. The Bertz CT molecular complexity index is 1140. The minimum absolute atomic E-state index is 0.0169. The fourth-order valence-electron chi connectivity index (χ4n) is 4.60. The first-order chi connectivity index (χ1) is 16.3. The number of piperazine rings is 1. The SMILES string of the molecule is COc1ccc(OC)c(S(=O)(=O)N2CCC[C@@H](C(=O)N3CCN(c4cccc(Cl)c4)CC3)C2)c1. The molecule has 0 unspecified atom stereocenters. The number of carbonyl (C=O) groups excluding carboxylic acids is 1. The van der Waals surface area contributed by atoms with E-state index in [4.69, 9.17) is 21.1 Å². The van der Waals surface area contributed by atoms with Crippen LogP contribution < -0.4 is 14.4 Å². The van der Waals surface area contributed by atoms with Crippen LogP contribution in [-0.2, 0) is 14.8 Å².